The number of hydrogen-bond donors (Lipinski definition) is 2. The predicted octanol–water partition coefficient (Wildman–Crippen LogP) is 7.01. The van der Waals surface area contributed by atoms with E-state index in [0.717, 1.165) is 22.3 Å². The van der Waals surface area contributed by atoms with E-state index in [1.165, 1.54) is 0 Å². The van der Waals surface area contributed by atoms with Gasteiger partial charge in [-0.05, 0) is 22.3 Å². The van der Waals surface area contributed by atoms with Gasteiger partial charge in [0, 0.05) is 11.1 Å². The van der Waals surface area contributed by atoms with Crippen LogP contribution >= 0.6 is 0 Å². The summed E-state index contributed by atoms with van der Waals surface area (Å²) in [5, 5.41) is 22.7. The van der Waals surface area contributed by atoms with Crippen molar-refractivity contribution in [1.82, 2.24) is 0 Å². The van der Waals surface area contributed by atoms with Gasteiger partial charge in [0.25, 0.3) is 0 Å². The normalized spacial score (nSPS) is 13.3. The fourth-order valence-corrected chi connectivity index (χ4v) is 4.65. The number of carbonyl (C=O) groups is 1. The van der Waals surface area contributed by atoms with Crippen molar-refractivity contribution >= 4 is 5.97 Å². The molecule has 0 aromatic heterocycles. The highest BCUT2D eigenvalue weighted by atomic mass is 16.5. The van der Waals surface area contributed by atoms with Gasteiger partial charge in [0.15, 0.2) is 0 Å². The Morgan fingerprint density at radius 1 is 0.500 bits per heavy atom. The van der Waals surface area contributed by atoms with Crippen LogP contribution in [0.5, 0.6) is 5.75 Å². The number of benzene rings is 5. The average molecular weight is 501 g/mol. The van der Waals surface area contributed by atoms with Gasteiger partial charge in [0.2, 0.25) is 0 Å². The number of rotatable bonds is 8. The molecule has 0 fully saturated rings. The van der Waals surface area contributed by atoms with Crippen molar-refractivity contribution in [3.63, 3.8) is 0 Å². The van der Waals surface area contributed by atoms with E-state index in [1.807, 2.05) is 91.0 Å². The molecule has 0 aliphatic rings. The standard InChI is InChI=1S/C34H28O4/c35-31(26-18-9-3-10-19-26)30(32(36)27-20-11-4-12-21-27)34(37)38-33-28(24-14-5-1-6-15-24)22-13-23-29(33)25-16-7-2-8-17-25/h1-23,30-32,35-36H. The lowest BCUT2D eigenvalue weighted by Gasteiger charge is -2.27. The molecule has 5 aromatic rings. The first-order valence-electron chi connectivity index (χ1n) is 12.5. The summed E-state index contributed by atoms with van der Waals surface area (Å²) in [6, 6.07) is 42.9. The molecule has 38 heavy (non-hydrogen) atoms. The van der Waals surface area contributed by atoms with Crippen molar-refractivity contribution in [3.05, 3.63) is 151 Å². The molecule has 5 aromatic carbocycles. The quantitative estimate of drug-likeness (QED) is 0.178. The van der Waals surface area contributed by atoms with Crippen molar-refractivity contribution < 1.29 is 19.7 Å². The number of para-hydroxylation sites is 1. The molecule has 0 aliphatic heterocycles. The zero-order valence-corrected chi connectivity index (χ0v) is 20.7. The predicted molar refractivity (Wildman–Crippen MR) is 149 cm³/mol. The van der Waals surface area contributed by atoms with E-state index in [-0.39, 0.29) is 0 Å². The molecule has 0 saturated heterocycles. The van der Waals surface area contributed by atoms with Crippen molar-refractivity contribution in [2.75, 3.05) is 0 Å². The van der Waals surface area contributed by atoms with Gasteiger partial charge in [-0.3, -0.25) is 4.79 Å². The largest absolute Gasteiger partial charge is 0.425 e. The third-order valence-corrected chi connectivity index (χ3v) is 6.62. The second-order valence-corrected chi connectivity index (χ2v) is 9.07. The monoisotopic (exact) mass is 500 g/mol. The van der Waals surface area contributed by atoms with Crippen molar-refractivity contribution in [2.24, 2.45) is 5.92 Å². The first kappa shape index (κ1) is 25.2. The minimum atomic E-state index is -1.29. The molecule has 0 heterocycles. The molecule has 0 radical (unpaired) electrons. The Labute approximate surface area is 222 Å². The maximum atomic E-state index is 14.0. The van der Waals surface area contributed by atoms with Gasteiger partial charge in [0.1, 0.15) is 11.7 Å². The van der Waals surface area contributed by atoms with Crippen LogP contribution in [-0.4, -0.2) is 16.2 Å². The number of carbonyl (C=O) groups excluding carboxylic acids is 1. The van der Waals surface area contributed by atoms with E-state index in [9.17, 15) is 15.0 Å². The summed E-state index contributed by atoms with van der Waals surface area (Å²) in [5.74, 6) is -1.62. The van der Waals surface area contributed by atoms with Gasteiger partial charge in [0.05, 0.1) is 12.2 Å². The van der Waals surface area contributed by atoms with E-state index in [0.29, 0.717) is 16.9 Å². The number of aliphatic hydroxyl groups excluding tert-OH is 2. The maximum absolute atomic E-state index is 14.0. The van der Waals surface area contributed by atoms with Gasteiger partial charge in [-0.1, -0.05) is 140 Å². The molecule has 0 spiro atoms. The summed E-state index contributed by atoms with van der Waals surface area (Å²) in [5.41, 5.74) is 4.28. The Morgan fingerprint density at radius 2 is 0.868 bits per heavy atom. The molecule has 2 N–H and O–H groups in total. The maximum Gasteiger partial charge on any atom is 0.320 e. The lowest BCUT2D eigenvalue weighted by Crippen LogP contribution is -2.32. The van der Waals surface area contributed by atoms with Gasteiger partial charge in [-0.2, -0.15) is 0 Å². The average Bonchev–Trinajstić information content (AvgIpc) is 2.99. The highest BCUT2D eigenvalue weighted by Gasteiger charge is 2.38. The van der Waals surface area contributed by atoms with Crippen LogP contribution in [0.3, 0.4) is 0 Å². The summed E-state index contributed by atoms with van der Waals surface area (Å²) in [6.45, 7) is 0. The molecular weight excluding hydrogens is 472 g/mol. The molecule has 0 saturated carbocycles. The zero-order chi connectivity index (χ0) is 26.3. The Morgan fingerprint density at radius 3 is 1.26 bits per heavy atom. The summed E-state index contributed by atoms with van der Waals surface area (Å²) in [4.78, 5) is 14.0. The topological polar surface area (TPSA) is 66.8 Å². The fourth-order valence-electron chi connectivity index (χ4n) is 4.65. The summed E-state index contributed by atoms with van der Waals surface area (Å²) < 4.78 is 6.17. The molecule has 4 heteroatoms. The Hall–Kier alpha value is -4.51. The van der Waals surface area contributed by atoms with Crippen LogP contribution in [0.25, 0.3) is 22.3 Å². The van der Waals surface area contributed by atoms with Crippen molar-refractivity contribution in [3.8, 4) is 28.0 Å². The van der Waals surface area contributed by atoms with Crippen LogP contribution in [0.4, 0.5) is 0 Å². The molecule has 2 unspecified atom stereocenters. The van der Waals surface area contributed by atoms with Crippen molar-refractivity contribution in [1.29, 1.82) is 0 Å². The minimum Gasteiger partial charge on any atom is -0.425 e. The van der Waals surface area contributed by atoms with Crippen molar-refractivity contribution in [2.45, 2.75) is 12.2 Å². The Balaban J connectivity index is 1.60. The third-order valence-electron chi connectivity index (χ3n) is 6.62. The Kier molecular flexibility index (Phi) is 7.74. The highest BCUT2D eigenvalue weighted by molar-refractivity contribution is 5.87. The van der Waals surface area contributed by atoms with Crippen LogP contribution in [0.15, 0.2) is 140 Å². The molecule has 188 valence electrons. The van der Waals surface area contributed by atoms with Crippen LogP contribution in [0.1, 0.15) is 23.3 Å². The zero-order valence-electron chi connectivity index (χ0n) is 20.7. The SMILES string of the molecule is O=C(Oc1c(-c2ccccc2)cccc1-c1ccccc1)C(C(O)c1ccccc1)C(O)c1ccccc1. The highest BCUT2D eigenvalue weighted by Crippen LogP contribution is 2.41. The lowest BCUT2D eigenvalue weighted by molar-refractivity contribution is -0.149. The van der Waals surface area contributed by atoms with E-state index in [1.54, 1.807) is 48.5 Å². The summed E-state index contributed by atoms with van der Waals surface area (Å²) in [6.07, 6.45) is -2.58. The fraction of sp³-hybridized carbons (Fsp3) is 0.0882. The lowest BCUT2D eigenvalue weighted by atomic mass is 9.87. The van der Waals surface area contributed by atoms with E-state index < -0.39 is 24.1 Å². The second kappa shape index (κ2) is 11.7. The second-order valence-electron chi connectivity index (χ2n) is 9.07. The summed E-state index contributed by atoms with van der Waals surface area (Å²) >= 11 is 0. The smallest absolute Gasteiger partial charge is 0.320 e. The number of hydrogen-bond acceptors (Lipinski definition) is 4. The first-order chi connectivity index (χ1) is 18.6. The number of ether oxygens (including phenoxy) is 1. The van der Waals surface area contributed by atoms with Gasteiger partial charge < -0.3 is 14.9 Å². The van der Waals surface area contributed by atoms with E-state index in [2.05, 4.69) is 0 Å². The van der Waals surface area contributed by atoms with Crippen LogP contribution in [0.2, 0.25) is 0 Å². The van der Waals surface area contributed by atoms with Gasteiger partial charge >= 0.3 is 5.97 Å². The molecular formula is C34H28O4. The molecule has 4 nitrogen and oxygen atoms in total. The minimum absolute atomic E-state index is 0.375. The van der Waals surface area contributed by atoms with E-state index in [4.69, 9.17) is 4.74 Å². The van der Waals surface area contributed by atoms with Crippen LogP contribution in [0, 0.1) is 5.92 Å². The summed E-state index contributed by atoms with van der Waals surface area (Å²) in [7, 11) is 0. The number of esters is 1. The molecule has 0 aliphatic carbocycles. The molecule has 0 amide bonds. The first-order valence-corrected chi connectivity index (χ1v) is 12.5. The van der Waals surface area contributed by atoms with Gasteiger partial charge in [-0.15, -0.1) is 0 Å². The Bertz CT molecular complexity index is 1370. The van der Waals surface area contributed by atoms with Crippen LogP contribution < -0.4 is 4.74 Å². The van der Waals surface area contributed by atoms with E-state index >= 15 is 0 Å². The molecule has 0 bridgehead atoms. The van der Waals surface area contributed by atoms with Gasteiger partial charge in [-0.25, -0.2) is 0 Å². The molecule has 2 atom stereocenters. The number of aliphatic hydroxyl groups is 2. The van der Waals surface area contributed by atoms with Crippen LogP contribution in [-0.2, 0) is 4.79 Å². The third kappa shape index (κ3) is 5.42. The molecule has 5 rings (SSSR count).